The smallest absolute Gasteiger partial charge is 0.0835 e. The van der Waals surface area contributed by atoms with Gasteiger partial charge in [-0.1, -0.05) is 24.6 Å². The number of aromatic nitrogens is 2. The molecular formula is C16H21BrClN3. The Morgan fingerprint density at radius 2 is 2.10 bits per heavy atom. The fourth-order valence-corrected chi connectivity index (χ4v) is 2.82. The maximum atomic E-state index is 6.47. The van der Waals surface area contributed by atoms with Gasteiger partial charge in [0.1, 0.15) is 0 Å². The molecule has 0 aliphatic carbocycles. The van der Waals surface area contributed by atoms with Crippen molar-refractivity contribution in [2.45, 2.75) is 40.2 Å². The summed E-state index contributed by atoms with van der Waals surface area (Å²) in [6, 6.07) is 6.46. The van der Waals surface area contributed by atoms with Gasteiger partial charge in [0, 0.05) is 6.04 Å². The van der Waals surface area contributed by atoms with E-state index < -0.39 is 0 Å². The zero-order valence-electron chi connectivity index (χ0n) is 12.9. The number of nitrogens with zero attached hydrogens (tertiary/aromatic N) is 2. The quantitative estimate of drug-likeness (QED) is 0.805. The van der Waals surface area contributed by atoms with Gasteiger partial charge < -0.3 is 5.32 Å². The molecule has 2 aromatic rings. The van der Waals surface area contributed by atoms with Crippen molar-refractivity contribution in [2.75, 3.05) is 6.54 Å². The Morgan fingerprint density at radius 3 is 2.62 bits per heavy atom. The fourth-order valence-electron chi connectivity index (χ4n) is 2.30. The van der Waals surface area contributed by atoms with Crippen molar-refractivity contribution in [1.82, 2.24) is 15.1 Å². The highest BCUT2D eigenvalue weighted by molar-refractivity contribution is 9.10. The summed E-state index contributed by atoms with van der Waals surface area (Å²) in [5.41, 5.74) is 4.12. The molecule has 1 heterocycles. The predicted molar refractivity (Wildman–Crippen MR) is 92.5 cm³/mol. The Hall–Kier alpha value is -0.840. The van der Waals surface area contributed by atoms with Gasteiger partial charge in [0.05, 0.1) is 26.6 Å². The molecule has 3 nitrogen and oxygen atoms in total. The van der Waals surface area contributed by atoms with Gasteiger partial charge in [-0.3, -0.25) is 0 Å². The normalized spacial score (nSPS) is 12.7. The molecular weight excluding hydrogens is 350 g/mol. The van der Waals surface area contributed by atoms with Crippen molar-refractivity contribution >= 4 is 27.5 Å². The Labute approximate surface area is 139 Å². The molecule has 114 valence electrons. The SMILES string of the molecule is CCCNC(C)c1ccc(-n2nc(C)c(Br)c2C)c(Cl)c1. The second-order valence-electron chi connectivity index (χ2n) is 5.28. The number of hydrogen-bond donors (Lipinski definition) is 1. The van der Waals surface area contributed by atoms with Crippen LogP contribution in [0.3, 0.4) is 0 Å². The summed E-state index contributed by atoms with van der Waals surface area (Å²) in [5, 5.41) is 8.72. The van der Waals surface area contributed by atoms with Crippen LogP contribution in [0.25, 0.3) is 5.69 Å². The third-order valence-electron chi connectivity index (χ3n) is 3.60. The van der Waals surface area contributed by atoms with Gasteiger partial charge in [-0.05, 0) is 67.4 Å². The Balaban J connectivity index is 2.33. The molecule has 0 saturated carbocycles. The van der Waals surface area contributed by atoms with E-state index in [0.29, 0.717) is 6.04 Å². The van der Waals surface area contributed by atoms with Crippen LogP contribution in [0.4, 0.5) is 0 Å². The maximum absolute atomic E-state index is 6.47. The Bertz CT molecular complexity index is 637. The second-order valence-corrected chi connectivity index (χ2v) is 6.48. The van der Waals surface area contributed by atoms with Crippen LogP contribution in [0.2, 0.25) is 5.02 Å². The van der Waals surface area contributed by atoms with E-state index in [2.05, 4.69) is 46.3 Å². The molecule has 0 spiro atoms. The Kier molecular flexibility index (Phi) is 5.47. The summed E-state index contributed by atoms with van der Waals surface area (Å²) in [6.07, 6.45) is 1.12. The number of rotatable bonds is 5. The largest absolute Gasteiger partial charge is 0.310 e. The number of nitrogens with one attached hydrogen (secondary N) is 1. The van der Waals surface area contributed by atoms with E-state index >= 15 is 0 Å². The topological polar surface area (TPSA) is 29.9 Å². The van der Waals surface area contributed by atoms with E-state index in [1.807, 2.05) is 30.7 Å². The van der Waals surface area contributed by atoms with E-state index in [0.717, 1.165) is 39.5 Å². The number of halogens is 2. The van der Waals surface area contributed by atoms with Crippen molar-refractivity contribution in [2.24, 2.45) is 0 Å². The zero-order chi connectivity index (χ0) is 15.6. The van der Waals surface area contributed by atoms with Gasteiger partial charge in [0.2, 0.25) is 0 Å². The van der Waals surface area contributed by atoms with E-state index in [4.69, 9.17) is 11.6 Å². The minimum Gasteiger partial charge on any atom is -0.310 e. The van der Waals surface area contributed by atoms with Crippen LogP contribution in [0.1, 0.15) is 43.3 Å². The van der Waals surface area contributed by atoms with E-state index in [1.54, 1.807) is 0 Å². The number of aryl methyl sites for hydroxylation is 1. The molecule has 5 heteroatoms. The van der Waals surface area contributed by atoms with Crippen molar-refractivity contribution in [1.29, 1.82) is 0 Å². The average molecular weight is 371 g/mol. The van der Waals surface area contributed by atoms with E-state index in [9.17, 15) is 0 Å². The zero-order valence-corrected chi connectivity index (χ0v) is 15.2. The molecule has 0 fully saturated rings. The lowest BCUT2D eigenvalue weighted by Gasteiger charge is -2.15. The molecule has 21 heavy (non-hydrogen) atoms. The molecule has 1 unspecified atom stereocenters. The van der Waals surface area contributed by atoms with Crippen molar-refractivity contribution in [3.05, 3.63) is 44.6 Å². The first-order valence-corrected chi connectivity index (χ1v) is 8.37. The number of hydrogen-bond acceptors (Lipinski definition) is 2. The predicted octanol–water partition coefficient (Wildman–Crippen LogP) is 4.97. The summed E-state index contributed by atoms with van der Waals surface area (Å²) in [5.74, 6) is 0. The summed E-state index contributed by atoms with van der Waals surface area (Å²) < 4.78 is 2.91. The molecule has 1 aromatic heterocycles. The van der Waals surface area contributed by atoms with Crippen LogP contribution in [-0.4, -0.2) is 16.3 Å². The van der Waals surface area contributed by atoms with Crippen LogP contribution < -0.4 is 5.32 Å². The van der Waals surface area contributed by atoms with Gasteiger partial charge in [-0.25, -0.2) is 4.68 Å². The first kappa shape index (κ1) is 16.5. The van der Waals surface area contributed by atoms with Crippen LogP contribution in [-0.2, 0) is 0 Å². The highest BCUT2D eigenvalue weighted by Gasteiger charge is 2.14. The van der Waals surface area contributed by atoms with Crippen LogP contribution in [0.15, 0.2) is 22.7 Å². The summed E-state index contributed by atoms with van der Waals surface area (Å²) in [6.45, 7) is 9.33. The monoisotopic (exact) mass is 369 g/mol. The van der Waals surface area contributed by atoms with Gasteiger partial charge in [0.15, 0.2) is 0 Å². The molecule has 1 aromatic carbocycles. The molecule has 0 bridgehead atoms. The molecule has 0 amide bonds. The van der Waals surface area contributed by atoms with E-state index in [-0.39, 0.29) is 0 Å². The number of benzene rings is 1. The van der Waals surface area contributed by atoms with Crippen LogP contribution >= 0.6 is 27.5 Å². The first-order valence-electron chi connectivity index (χ1n) is 7.20. The molecule has 0 radical (unpaired) electrons. The summed E-state index contributed by atoms with van der Waals surface area (Å²) in [7, 11) is 0. The van der Waals surface area contributed by atoms with Crippen LogP contribution in [0, 0.1) is 13.8 Å². The molecule has 0 saturated heterocycles. The highest BCUT2D eigenvalue weighted by Crippen LogP contribution is 2.29. The Morgan fingerprint density at radius 1 is 1.38 bits per heavy atom. The lowest BCUT2D eigenvalue weighted by Crippen LogP contribution is -2.19. The summed E-state index contributed by atoms with van der Waals surface area (Å²) >= 11 is 10.0. The second kappa shape index (κ2) is 6.95. The first-order chi connectivity index (χ1) is 9.95. The maximum Gasteiger partial charge on any atom is 0.0835 e. The van der Waals surface area contributed by atoms with Gasteiger partial charge >= 0.3 is 0 Å². The standard InChI is InChI=1S/C16H21BrClN3/c1-5-8-19-10(2)13-6-7-15(14(18)9-13)21-12(4)16(17)11(3)20-21/h6-7,9-10,19H,5,8H2,1-4H3. The average Bonchev–Trinajstić information content (AvgIpc) is 2.72. The van der Waals surface area contributed by atoms with Crippen LogP contribution in [0.5, 0.6) is 0 Å². The fraction of sp³-hybridized carbons (Fsp3) is 0.438. The lowest BCUT2D eigenvalue weighted by atomic mass is 10.1. The lowest BCUT2D eigenvalue weighted by molar-refractivity contribution is 0.570. The minimum absolute atomic E-state index is 0.295. The molecule has 1 N–H and O–H groups in total. The summed E-state index contributed by atoms with van der Waals surface area (Å²) in [4.78, 5) is 0. The van der Waals surface area contributed by atoms with Gasteiger partial charge in [0.25, 0.3) is 0 Å². The molecule has 0 aliphatic rings. The van der Waals surface area contributed by atoms with Crippen molar-refractivity contribution < 1.29 is 0 Å². The van der Waals surface area contributed by atoms with E-state index in [1.165, 1.54) is 5.56 Å². The molecule has 0 aliphatic heterocycles. The molecule has 2 rings (SSSR count). The minimum atomic E-state index is 0.295. The molecule has 1 atom stereocenters. The highest BCUT2D eigenvalue weighted by atomic mass is 79.9. The van der Waals surface area contributed by atoms with Crippen molar-refractivity contribution in [3.8, 4) is 5.69 Å². The van der Waals surface area contributed by atoms with Gasteiger partial charge in [-0.2, -0.15) is 5.10 Å². The van der Waals surface area contributed by atoms with Gasteiger partial charge in [-0.15, -0.1) is 0 Å². The third-order valence-corrected chi connectivity index (χ3v) is 5.05. The van der Waals surface area contributed by atoms with Crippen molar-refractivity contribution in [3.63, 3.8) is 0 Å². The third kappa shape index (κ3) is 3.50.